The smallest absolute Gasteiger partial charge is 0.111 e. The lowest BCUT2D eigenvalue weighted by molar-refractivity contribution is 0.468. The zero-order valence-corrected chi connectivity index (χ0v) is 12.2. The van der Waals surface area contributed by atoms with Gasteiger partial charge in [0.05, 0.1) is 11.0 Å². The van der Waals surface area contributed by atoms with Gasteiger partial charge in [-0.05, 0) is 37.5 Å². The van der Waals surface area contributed by atoms with E-state index in [1.165, 1.54) is 11.1 Å². The van der Waals surface area contributed by atoms with Crippen molar-refractivity contribution in [1.29, 1.82) is 0 Å². The normalized spacial score (nSPS) is 11.6. The third kappa shape index (κ3) is 2.39. The molecular formula is C15H21ClN2. The predicted molar refractivity (Wildman–Crippen MR) is 78.5 cm³/mol. The Labute approximate surface area is 114 Å². The van der Waals surface area contributed by atoms with Crippen LogP contribution in [0.2, 0.25) is 0 Å². The predicted octanol–water partition coefficient (Wildman–Crippen LogP) is 4.49. The average Bonchev–Trinajstić information content (AvgIpc) is 2.69. The number of alkyl halides is 1. The van der Waals surface area contributed by atoms with E-state index in [2.05, 4.69) is 43.5 Å². The summed E-state index contributed by atoms with van der Waals surface area (Å²) < 4.78 is 2.39. The van der Waals surface area contributed by atoms with Gasteiger partial charge >= 0.3 is 0 Å². The van der Waals surface area contributed by atoms with Crippen LogP contribution < -0.4 is 0 Å². The molecule has 0 spiro atoms. The van der Waals surface area contributed by atoms with Gasteiger partial charge in [-0.3, -0.25) is 0 Å². The van der Waals surface area contributed by atoms with Gasteiger partial charge in [0.25, 0.3) is 0 Å². The molecule has 1 aromatic carbocycles. The minimum absolute atomic E-state index is 0.524. The zero-order chi connectivity index (χ0) is 13.1. The third-order valence-corrected chi connectivity index (χ3v) is 3.73. The molecule has 0 aliphatic heterocycles. The Hall–Kier alpha value is -1.02. The summed E-state index contributed by atoms with van der Waals surface area (Å²) in [6, 6.07) is 7.03. The van der Waals surface area contributed by atoms with Crippen molar-refractivity contribution in [3.63, 3.8) is 0 Å². The van der Waals surface area contributed by atoms with Crippen molar-refractivity contribution in [1.82, 2.24) is 9.55 Å². The molecule has 0 N–H and O–H groups in total. The molecule has 3 heteroatoms. The summed E-state index contributed by atoms with van der Waals surface area (Å²) in [5, 5.41) is 0. The summed E-state index contributed by atoms with van der Waals surface area (Å²) >= 11 is 5.90. The fraction of sp³-hybridized carbons (Fsp3) is 0.533. The number of hydrogen-bond acceptors (Lipinski definition) is 1. The molecule has 18 heavy (non-hydrogen) atoms. The SMILES string of the molecule is CCC(CC)n1c(CCCl)nc2cc(C)ccc21. The van der Waals surface area contributed by atoms with Crippen molar-refractivity contribution in [3.8, 4) is 0 Å². The van der Waals surface area contributed by atoms with Gasteiger partial charge in [-0.25, -0.2) is 4.98 Å². The molecule has 0 fully saturated rings. The number of nitrogens with zero attached hydrogens (tertiary/aromatic N) is 2. The molecule has 0 aliphatic carbocycles. The minimum atomic E-state index is 0.524. The number of aryl methyl sites for hydroxylation is 2. The highest BCUT2D eigenvalue weighted by Gasteiger charge is 2.16. The van der Waals surface area contributed by atoms with Crippen molar-refractivity contribution in [2.24, 2.45) is 0 Å². The van der Waals surface area contributed by atoms with E-state index in [0.717, 1.165) is 30.6 Å². The van der Waals surface area contributed by atoms with E-state index in [-0.39, 0.29) is 0 Å². The molecule has 0 saturated heterocycles. The Morgan fingerprint density at radius 1 is 1.28 bits per heavy atom. The fourth-order valence-corrected chi connectivity index (χ4v) is 2.75. The van der Waals surface area contributed by atoms with Gasteiger partial charge in [-0.2, -0.15) is 0 Å². The lowest BCUT2D eigenvalue weighted by atomic mass is 10.1. The summed E-state index contributed by atoms with van der Waals surface area (Å²) in [6.45, 7) is 6.58. The van der Waals surface area contributed by atoms with E-state index in [1.54, 1.807) is 0 Å². The Balaban J connectivity index is 2.61. The highest BCUT2D eigenvalue weighted by Crippen LogP contribution is 2.26. The van der Waals surface area contributed by atoms with E-state index >= 15 is 0 Å². The molecule has 1 aromatic heterocycles. The molecule has 2 rings (SSSR count). The number of rotatable bonds is 5. The number of halogens is 1. The first-order valence-electron chi connectivity index (χ1n) is 6.74. The van der Waals surface area contributed by atoms with Crippen LogP contribution in [-0.2, 0) is 6.42 Å². The molecule has 0 amide bonds. The highest BCUT2D eigenvalue weighted by molar-refractivity contribution is 6.17. The molecule has 98 valence electrons. The zero-order valence-electron chi connectivity index (χ0n) is 11.4. The van der Waals surface area contributed by atoms with E-state index in [9.17, 15) is 0 Å². The molecule has 0 atom stereocenters. The van der Waals surface area contributed by atoms with Crippen LogP contribution in [0.4, 0.5) is 0 Å². The van der Waals surface area contributed by atoms with Gasteiger partial charge in [0.1, 0.15) is 5.82 Å². The van der Waals surface area contributed by atoms with Crippen LogP contribution >= 0.6 is 11.6 Å². The maximum atomic E-state index is 5.90. The minimum Gasteiger partial charge on any atom is -0.325 e. The van der Waals surface area contributed by atoms with Crippen LogP contribution in [0.5, 0.6) is 0 Å². The Bertz CT molecular complexity index is 527. The van der Waals surface area contributed by atoms with Crippen molar-refractivity contribution in [3.05, 3.63) is 29.6 Å². The highest BCUT2D eigenvalue weighted by atomic mass is 35.5. The van der Waals surface area contributed by atoms with Crippen LogP contribution in [0.25, 0.3) is 11.0 Å². The molecule has 0 aliphatic rings. The van der Waals surface area contributed by atoms with Gasteiger partial charge in [0, 0.05) is 18.3 Å². The molecule has 0 saturated carbocycles. The Morgan fingerprint density at radius 2 is 2.00 bits per heavy atom. The van der Waals surface area contributed by atoms with Crippen molar-refractivity contribution in [2.75, 3.05) is 5.88 Å². The lowest BCUT2D eigenvalue weighted by Gasteiger charge is -2.18. The Morgan fingerprint density at radius 3 is 2.61 bits per heavy atom. The average molecular weight is 265 g/mol. The van der Waals surface area contributed by atoms with Crippen LogP contribution in [0.15, 0.2) is 18.2 Å². The van der Waals surface area contributed by atoms with E-state index in [0.29, 0.717) is 11.9 Å². The monoisotopic (exact) mass is 264 g/mol. The van der Waals surface area contributed by atoms with Crippen LogP contribution in [0, 0.1) is 6.92 Å². The number of imidazole rings is 1. The quantitative estimate of drug-likeness (QED) is 0.728. The molecule has 0 unspecified atom stereocenters. The van der Waals surface area contributed by atoms with Crippen LogP contribution in [0.1, 0.15) is 44.1 Å². The first-order chi connectivity index (χ1) is 8.71. The standard InChI is InChI=1S/C15H21ClN2/c1-4-12(5-2)18-14-7-6-11(3)10-13(14)17-15(18)8-9-16/h6-7,10,12H,4-5,8-9H2,1-3H3. The van der Waals surface area contributed by atoms with Gasteiger partial charge < -0.3 is 4.57 Å². The van der Waals surface area contributed by atoms with Crippen LogP contribution in [-0.4, -0.2) is 15.4 Å². The van der Waals surface area contributed by atoms with Gasteiger partial charge in [-0.15, -0.1) is 11.6 Å². The first kappa shape index (κ1) is 13.4. The summed E-state index contributed by atoms with van der Waals surface area (Å²) in [5.41, 5.74) is 3.60. The summed E-state index contributed by atoms with van der Waals surface area (Å²) in [6.07, 6.45) is 3.10. The van der Waals surface area contributed by atoms with Crippen LogP contribution in [0.3, 0.4) is 0 Å². The summed E-state index contributed by atoms with van der Waals surface area (Å²) in [5.74, 6) is 1.75. The topological polar surface area (TPSA) is 17.8 Å². The van der Waals surface area contributed by atoms with Gasteiger partial charge in [0.2, 0.25) is 0 Å². The summed E-state index contributed by atoms with van der Waals surface area (Å²) in [4.78, 5) is 4.76. The first-order valence-corrected chi connectivity index (χ1v) is 7.28. The number of aromatic nitrogens is 2. The second-order valence-electron chi connectivity index (χ2n) is 4.80. The maximum absolute atomic E-state index is 5.90. The summed E-state index contributed by atoms with van der Waals surface area (Å²) in [7, 11) is 0. The lowest BCUT2D eigenvalue weighted by Crippen LogP contribution is -2.11. The second-order valence-corrected chi connectivity index (χ2v) is 5.18. The second kappa shape index (κ2) is 5.75. The fourth-order valence-electron chi connectivity index (χ4n) is 2.58. The van der Waals surface area contributed by atoms with Crippen molar-refractivity contribution in [2.45, 2.75) is 46.1 Å². The molecule has 1 heterocycles. The Kier molecular flexibility index (Phi) is 4.28. The molecular weight excluding hydrogens is 244 g/mol. The number of fused-ring (bicyclic) bond motifs is 1. The number of benzene rings is 1. The van der Waals surface area contributed by atoms with E-state index in [4.69, 9.17) is 16.6 Å². The van der Waals surface area contributed by atoms with E-state index in [1.807, 2.05) is 0 Å². The largest absolute Gasteiger partial charge is 0.325 e. The van der Waals surface area contributed by atoms with Gasteiger partial charge in [0.15, 0.2) is 0 Å². The van der Waals surface area contributed by atoms with E-state index < -0.39 is 0 Å². The van der Waals surface area contributed by atoms with Gasteiger partial charge in [-0.1, -0.05) is 19.9 Å². The molecule has 2 nitrogen and oxygen atoms in total. The third-order valence-electron chi connectivity index (χ3n) is 3.54. The van der Waals surface area contributed by atoms with Crippen molar-refractivity contribution >= 4 is 22.6 Å². The number of hydrogen-bond donors (Lipinski definition) is 0. The molecule has 0 bridgehead atoms. The molecule has 0 radical (unpaired) electrons. The maximum Gasteiger partial charge on any atom is 0.111 e. The molecule has 2 aromatic rings. The van der Waals surface area contributed by atoms with Crippen molar-refractivity contribution < 1.29 is 0 Å².